The second-order valence-electron chi connectivity index (χ2n) is 3.40. The average molecular weight is 277 g/mol. The van der Waals surface area contributed by atoms with Crippen LogP contribution < -0.4 is 10.5 Å². The minimum absolute atomic E-state index is 0.0648. The Labute approximate surface area is 96.5 Å². The summed E-state index contributed by atoms with van der Waals surface area (Å²) >= 11 is 9.36. The zero-order valence-corrected chi connectivity index (χ0v) is 10.1. The van der Waals surface area contributed by atoms with Gasteiger partial charge in [0.15, 0.2) is 0 Å². The first-order valence-electron chi connectivity index (χ1n) is 4.54. The molecule has 0 aromatic heterocycles. The highest BCUT2D eigenvalue weighted by Gasteiger charge is 2.31. The third kappa shape index (κ3) is 1.53. The first kappa shape index (κ1) is 10.3. The molecule has 0 spiro atoms. The molecule has 0 radical (unpaired) electrons. The number of nitrogens with two attached hydrogens (primary N) is 1. The Morgan fingerprint density at radius 1 is 1.57 bits per heavy atom. The standard InChI is InChI=1S/C10H11BrClNO/c1-2-8-9(13)6-3-5(12)4-7(11)10(6)14-8/h3-4,8-9H,2,13H2,1H3. The number of halogens is 2. The molecule has 76 valence electrons. The maximum Gasteiger partial charge on any atom is 0.139 e. The summed E-state index contributed by atoms with van der Waals surface area (Å²) in [4.78, 5) is 0. The van der Waals surface area contributed by atoms with Crippen molar-refractivity contribution >= 4 is 27.5 Å². The van der Waals surface area contributed by atoms with Crippen LogP contribution in [0.1, 0.15) is 24.9 Å². The zero-order valence-electron chi connectivity index (χ0n) is 7.76. The normalized spacial score (nSPS) is 24.6. The molecule has 1 heterocycles. The van der Waals surface area contributed by atoms with Crippen molar-refractivity contribution in [1.29, 1.82) is 0 Å². The summed E-state index contributed by atoms with van der Waals surface area (Å²) in [5.41, 5.74) is 7.03. The highest BCUT2D eigenvalue weighted by atomic mass is 79.9. The SMILES string of the molecule is CCC1Oc2c(Br)cc(Cl)cc2C1N. The van der Waals surface area contributed by atoms with E-state index in [-0.39, 0.29) is 12.1 Å². The molecular formula is C10H11BrClNO. The minimum Gasteiger partial charge on any atom is -0.487 e. The van der Waals surface area contributed by atoms with Gasteiger partial charge in [0.05, 0.1) is 10.5 Å². The van der Waals surface area contributed by atoms with Gasteiger partial charge in [0.2, 0.25) is 0 Å². The Balaban J connectivity index is 2.48. The van der Waals surface area contributed by atoms with Crippen LogP contribution in [0, 0.1) is 0 Å². The highest BCUT2D eigenvalue weighted by molar-refractivity contribution is 9.10. The second-order valence-corrected chi connectivity index (χ2v) is 4.69. The Morgan fingerprint density at radius 3 is 2.93 bits per heavy atom. The minimum atomic E-state index is -0.0648. The Bertz CT molecular complexity index is 369. The van der Waals surface area contributed by atoms with Crippen molar-refractivity contribution in [2.45, 2.75) is 25.5 Å². The molecule has 0 aliphatic carbocycles. The average Bonchev–Trinajstić information content (AvgIpc) is 2.44. The van der Waals surface area contributed by atoms with Crippen LogP contribution in [0.25, 0.3) is 0 Å². The molecule has 1 aromatic rings. The van der Waals surface area contributed by atoms with Gasteiger partial charge in [-0.15, -0.1) is 0 Å². The first-order chi connectivity index (χ1) is 6.63. The van der Waals surface area contributed by atoms with E-state index in [0.29, 0.717) is 5.02 Å². The maximum atomic E-state index is 6.03. The predicted octanol–water partition coefficient (Wildman–Crippen LogP) is 3.27. The number of benzene rings is 1. The van der Waals surface area contributed by atoms with E-state index in [0.717, 1.165) is 22.2 Å². The van der Waals surface area contributed by atoms with Crippen LogP contribution in [-0.4, -0.2) is 6.10 Å². The van der Waals surface area contributed by atoms with E-state index >= 15 is 0 Å². The van der Waals surface area contributed by atoms with Gasteiger partial charge < -0.3 is 10.5 Å². The molecule has 2 N–H and O–H groups in total. The maximum absolute atomic E-state index is 6.03. The summed E-state index contributed by atoms with van der Waals surface area (Å²) in [6, 6.07) is 3.64. The molecular weight excluding hydrogens is 265 g/mol. The molecule has 2 atom stereocenters. The van der Waals surface area contributed by atoms with Gasteiger partial charge in [-0.3, -0.25) is 0 Å². The van der Waals surface area contributed by atoms with Crippen LogP contribution in [0.2, 0.25) is 5.02 Å². The van der Waals surface area contributed by atoms with Crippen molar-refractivity contribution in [2.75, 3.05) is 0 Å². The van der Waals surface area contributed by atoms with Gasteiger partial charge in [-0.05, 0) is 34.5 Å². The number of rotatable bonds is 1. The van der Waals surface area contributed by atoms with Crippen molar-refractivity contribution < 1.29 is 4.74 Å². The molecule has 1 aliphatic heterocycles. The van der Waals surface area contributed by atoms with Gasteiger partial charge >= 0.3 is 0 Å². The summed E-state index contributed by atoms with van der Waals surface area (Å²) < 4.78 is 6.60. The van der Waals surface area contributed by atoms with Gasteiger partial charge in [0, 0.05) is 10.6 Å². The van der Waals surface area contributed by atoms with Crippen LogP contribution in [0.5, 0.6) is 5.75 Å². The van der Waals surface area contributed by atoms with Gasteiger partial charge in [-0.25, -0.2) is 0 Å². The molecule has 1 aliphatic rings. The Morgan fingerprint density at radius 2 is 2.29 bits per heavy atom. The highest BCUT2D eigenvalue weighted by Crippen LogP contribution is 2.43. The van der Waals surface area contributed by atoms with Crippen LogP contribution >= 0.6 is 27.5 Å². The number of fused-ring (bicyclic) bond motifs is 1. The van der Waals surface area contributed by atoms with E-state index < -0.39 is 0 Å². The Hall–Kier alpha value is -0.250. The molecule has 0 bridgehead atoms. The van der Waals surface area contributed by atoms with E-state index in [4.69, 9.17) is 22.1 Å². The molecule has 2 nitrogen and oxygen atoms in total. The summed E-state index contributed by atoms with van der Waals surface area (Å²) in [5.74, 6) is 0.841. The molecule has 0 amide bonds. The third-order valence-corrected chi connectivity index (χ3v) is 3.28. The molecule has 0 saturated carbocycles. The fourth-order valence-corrected chi connectivity index (χ4v) is 2.64. The van der Waals surface area contributed by atoms with Gasteiger partial charge in [0.25, 0.3) is 0 Å². The zero-order chi connectivity index (χ0) is 10.3. The summed E-state index contributed by atoms with van der Waals surface area (Å²) in [6.45, 7) is 2.06. The summed E-state index contributed by atoms with van der Waals surface area (Å²) in [7, 11) is 0. The number of ether oxygens (including phenoxy) is 1. The van der Waals surface area contributed by atoms with Crippen LogP contribution in [-0.2, 0) is 0 Å². The molecule has 1 aromatic carbocycles. The van der Waals surface area contributed by atoms with Crippen LogP contribution in [0.4, 0.5) is 0 Å². The topological polar surface area (TPSA) is 35.2 Å². The lowest BCUT2D eigenvalue weighted by molar-refractivity contribution is 0.201. The van der Waals surface area contributed by atoms with E-state index in [1.807, 2.05) is 12.1 Å². The van der Waals surface area contributed by atoms with E-state index in [1.54, 1.807) is 0 Å². The van der Waals surface area contributed by atoms with Crippen molar-refractivity contribution in [3.63, 3.8) is 0 Å². The third-order valence-electron chi connectivity index (χ3n) is 2.47. The number of hydrogen-bond donors (Lipinski definition) is 1. The van der Waals surface area contributed by atoms with Crippen LogP contribution in [0.3, 0.4) is 0 Å². The van der Waals surface area contributed by atoms with Crippen molar-refractivity contribution in [1.82, 2.24) is 0 Å². The van der Waals surface area contributed by atoms with E-state index in [1.165, 1.54) is 0 Å². The van der Waals surface area contributed by atoms with Crippen molar-refractivity contribution in [3.8, 4) is 5.75 Å². The van der Waals surface area contributed by atoms with Crippen LogP contribution in [0.15, 0.2) is 16.6 Å². The quantitative estimate of drug-likeness (QED) is 0.854. The van der Waals surface area contributed by atoms with Gasteiger partial charge in [0.1, 0.15) is 11.9 Å². The van der Waals surface area contributed by atoms with Crippen molar-refractivity contribution in [3.05, 3.63) is 27.2 Å². The largest absolute Gasteiger partial charge is 0.487 e. The fourth-order valence-electron chi connectivity index (χ4n) is 1.71. The molecule has 0 fully saturated rings. The lowest BCUT2D eigenvalue weighted by atomic mass is 10.0. The lowest BCUT2D eigenvalue weighted by Crippen LogP contribution is -2.24. The smallest absolute Gasteiger partial charge is 0.139 e. The molecule has 2 unspecified atom stereocenters. The van der Waals surface area contributed by atoms with Gasteiger partial charge in [-0.1, -0.05) is 18.5 Å². The first-order valence-corrected chi connectivity index (χ1v) is 5.71. The van der Waals surface area contributed by atoms with Crippen molar-refractivity contribution in [2.24, 2.45) is 5.73 Å². The molecule has 4 heteroatoms. The lowest BCUT2D eigenvalue weighted by Gasteiger charge is -2.11. The molecule has 2 rings (SSSR count). The summed E-state index contributed by atoms with van der Waals surface area (Å²) in [6.07, 6.45) is 0.972. The predicted molar refractivity (Wildman–Crippen MR) is 60.8 cm³/mol. The fraction of sp³-hybridized carbons (Fsp3) is 0.400. The Kier molecular flexibility index (Phi) is 2.73. The molecule has 14 heavy (non-hydrogen) atoms. The second kappa shape index (κ2) is 3.72. The van der Waals surface area contributed by atoms with Gasteiger partial charge in [-0.2, -0.15) is 0 Å². The number of hydrogen-bond acceptors (Lipinski definition) is 2. The monoisotopic (exact) mass is 275 g/mol. The summed E-state index contributed by atoms with van der Waals surface area (Å²) in [5, 5.41) is 0.687. The molecule has 0 saturated heterocycles. The van der Waals surface area contributed by atoms with E-state index in [2.05, 4.69) is 22.9 Å². The van der Waals surface area contributed by atoms with E-state index in [9.17, 15) is 0 Å².